The Morgan fingerprint density at radius 3 is 2.43 bits per heavy atom. The molecule has 0 aromatic heterocycles. The fourth-order valence-corrected chi connectivity index (χ4v) is 4.62. The summed E-state index contributed by atoms with van der Waals surface area (Å²) in [6.45, 7) is 7.57. The van der Waals surface area contributed by atoms with Crippen molar-refractivity contribution >= 4 is 5.97 Å². The van der Waals surface area contributed by atoms with Gasteiger partial charge in [-0.15, -0.1) is 5.92 Å². The van der Waals surface area contributed by atoms with Crippen LogP contribution in [-0.2, 0) is 33.7 Å². The van der Waals surface area contributed by atoms with Crippen LogP contribution in [0.15, 0.2) is 66.7 Å². The first kappa shape index (κ1) is 26.5. The summed E-state index contributed by atoms with van der Waals surface area (Å²) >= 11 is 0. The molecule has 0 aliphatic heterocycles. The van der Waals surface area contributed by atoms with Crippen molar-refractivity contribution in [2.24, 2.45) is 5.92 Å². The Bertz CT molecular complexity index is 1230. The third-order valence-electron chi connectivity index (χ3n) is 6.78. The average molecular weight is 497 g/mol. The van der Waals surface area contributed by atoms with Gasteiger partial charge in [-0.3, -0.25) is 4.79 Å². The smallest absolute Gasteiger partial charge is 0.309 e. The lowest BCUT2D eigenvalue weighted by molar-refractivity contribution is -0.154. The minimum Gasteiger partial charge on any atom is -0.489 e. The van der Waals surface area contributed by atoms with Crippen LogP contribution in [0.2, 0.25) is 0 Å². The van der Waals surface area contributed by atoms with Gasteiger partial charge in [0.25, 0.3) is 0 Å². The molecule has 3 aromatic rings. The maximum Gasteiger partial charge on any atom is 0.309 e. The maximum atomic E-state index is 12.6. The lowest BCUT2D eigenvalue weighted by Gasteiger charge is -2.25. The molecule has 0 radical (unpaired) electrons. The van der Waals surface area contributed by atoms with Crippen molar-refractivity contribution in [1.29, 1.82) is 0 Å². The van der Waals surface area contributed by atoms with E-state index in [-0.39, 0.29) is 18.0 Å². The molecular weight excluding hydrogens is 460 g/mol. The Kier molecular flexibility index (Phi) is 9.40. The van der Waals surface area contributed by atoms with E-state index in [1.54, 1.807) is 0 Å². The Hall–Kier alpha value is -3.55. The predicted octanol–water partition coefficient (Wildman–Crippen LogP) is 6.77. The van der Waals surface area contributed by atoms with Gasteiger partial charge in [-0.25, -0.2) is 0 Å². The summed E-state index contributed by atoms with van der Waals surface area (Å²) in [5.74, 6) is 6.69. The molecular formula is C33H36O4. The Labute approximate surface area is 221 Å². The highest BCUT2D eigenvalue weighted by molar-refractivity contribution is 5.73. The minimum atomic E-state index is -0.119. The minimum absolute atomic E-state index is 0.0805. The molecule has 4 rings (SSSR count). The highest BCUT2D eigenvalue weighted by atomic mass is 16.5. The molecule has 0 saturated heterocycles. The van der Waals surface area contributed by atoms with Gasteiger partial charge in [-0.1, -0.05) is 48.4 Å². The van der Waals surface area contributed by atoms with E-state index in [2.05, 4.69) is 72.5 Å². The van der Waals surface area contributed by atoms with Gasteiger partial charge < -0.3 is 14.2 Å². The fourth-order valence-electron chi connectivity index (χ4n) is 4.62. The molecule has 1 aliphatic rings. The molecule has 3 aromatic carbocycles. The van der Waals surface area contributed by atoms with Crippen molar-refractivity contribution in [1.82, 2.24) is 0 Å². The van der Waals surface area contributed by atoms with Gasteiger partial charge in [0, 0.05) is 18.6 Å². The second-order valence-electron chi connectivity index (χ2n) is 9.54. The fraction of sp³-hybridized carbons (Fsp3) is 0.364. The largest absolute Gasteiger partial charge is 0.489 e. The van der Waals surface area contributed by atoms with Crippen LogP contribution in [-0.4, -0.2) is 25.3 Å². The third-order valence-corrected chi connectivity index (χ3v) is 6.78. The Morgan fingerprint density at radius 1 is 1.00 bits per heavy atom. The lowest BCUT2D eigenvalue weighted by atomic mass is 9.84. The molecule has 37 heavy (non-hydrogen) atoms. The number of esters is 1. The average Bonchev–Trinajstić information content (AvgIpc) is 2.92. The number of ether oxygens (including phenoxy) is 3. The molecule has 0 heterocycles. The molecule has 4 heteroatoms. The maximum absolute atomic E-state index is 12.6. The van der Waals surface area contributed by atoms with E-state index in [4.69, 9.17) is 14.2 Å². The van der Waals surface area contributed by atoms with Gasteiger partial charge in [0.2, 0.25) is 0 Å². The molecule has 2 atom stereocenters. The molecule has 0 fully saturated rings. The summed E-state index contributed by atoms with van der Waals surface area (Å²) in [6.07, 6.45) is 3.00. The standard InChI is InChI=1S/C33H36O4/c1-4-6-25-7-11-27(12-8-25)28-13-9-26(10-14-28)23-36-32-18-17-29-21-31(16-15-30(29)22-32)33(34)37-24(3)19-20-35-5-2/h7-14,17-18,22,24,31H,5,15-16,19-21,23H2,1-3H3. The molecule has 0 N–H and O–H groups in total. The summed E-state index contributed by atoms with van der Waals surface area (Å²) in [7, 11) is 0. The van der Waals surface area contributed by atoms with E-state index in [0.29, 0.717) is 19.8 Å². The van der Waals surface area contributed by atoms with Crippen LogP contribution in [0.3, 0.4) is 0 Å². The molecule has 0 bridgehead atoms. The molecule has 0 saturated carbocycles. The van der Waals surface area contributed by atoms with E-state index in [1.807, 2.05) is 26.8 Å². The van der Waals surface area contributed by atoms with Crippen molar-refractivity contribution in [2.75, 3.05) is 13.2 Å². The molecule has 2 unspecified atom stereocenters. The molecule has 192 valence electrons. The second kappa shape index (κ2) is 13.1. The van der Waals surface area contributed by atoms with Gasteiger partial charge in [-0.05, 0) is 92.1 Å². The van der Waals surface area contributed by atoms with Crippen LogP contribution in [0.1, 0.15) is 55.9 Å². The van der Waals surface area contributed by atoms with Gasteiger partial charge in [-0.2, -0.15) is 0 Å². The zero-order chi connectivity index (χ0) is 26.0. The number of aryl methyl sites for hydroxylation is 1. The van der Waals surface area contributed by atoms with Gasteiger partial charge in [0.1, 0.15) is 18.5 Å². The summed E-state index contributed by atoms with van der Waals surface area (Å²) in [5.41, 5.74) is 6.97. The molecule has 1 aliphatic carbocycles. The summed E-state index contributed by atoms with van der Waals surface area (Å²) < 4.78 is 17.1. The zero-order valence-corrected chi connectivity index (χ0v) is 22.1. The highest BCUT2D eigenvalue weighted by Gasteiger charge is 2.27. The Balaban J connectivity index is 1.29. The van der Waals surface area contributed by atoms with Gasteiger partial charge in [0.05, 0.1) is 12.5 Å². The van der Waals surface area contributed by atoms with Crippen molar-refractivity contribution in [2.45, 2.75) is 59.2 Å². The Morgan fingerprint density at radius 2 is 1.73 bits per heavy atom. The monoisotopic (exact) mass is 496 g/mol. The topological polar surface area (TPSA) is 44.8 Å². The number of fused-ring (bicyclic) bond motifs is 1. The lowest BCUT2D eigenvalue weighted by Crippen LogP contribution is -2.28. The summed E-state index contributed by atoms with van der Waals surface area (Å²) in [5, 5.41) is 0. The normalized spacial score (nSPS) is 15.2. The van der Waals surface area contributed by atoms with Crippen LogP contribution >= 0.6 is 0 Å². The zero-order valence-electron chi connectivity index (χ0n) is 22.1. The number of carbonyl (C=O) groups excluding carboxylic acids is 1. The number of hydrogen-bond donors (Lipinski definition) is 0. The van der Waals surface area contributed by atoms with E-state index < -0.39 is 0 Å². The molecule has 0 spiro atoms. The third kappa shape index (κ3) is 7.47. The first-order valence-electron chi connectivity index (χ1n) is 13.2. The quantitative estimate of drug-likeness (QED) is 0.177. The van der Waals surface area contributed by atoms with Crippen molar-refractivity contribution in [3.8, 4) is 28.7 Å². The SMILES string of the molecule is CC#Cc1ccc(-c2ccc(COc3ccc4c(c3)CCC(C(=O)OC(C)CCOCC)C4)cc2)cc1. The van der Waals surface area contributed by atoms with E-state index >= 15 is 0 Å². The van der Waals surface area contributed by atoms with Gasteiger partial charge >= 0.3 is 5.97 Å². The highest BCUT2D eigenvalue weighted by Crippen LogP contribution is 2.30. The number of carbonyl (C=O) groups is 1. The van der Waals surface area contributed by atoms with Crippen molar-refractivity contribution in [3.63, 3.8) is 0 Å². The van der Waals surface area contributed by atoms with Crippen LogP contribution < -0.4 is 4.74 Å². The van der Waals surface area contributed by atoms with Crippen LogP contribution in [0.5, 0.6) is 5.75 Å². The van der Waals surface area contributed by atoms with Crippen LogP contribution in [0.25, 0.3) is 11.1 Å². The summed E-state index contributed by atoms with van der Waals surface area (Å²) in [6, 6.07) is 23.0. The summed E-state index contributed by atoms with van der Waals surface area (Å²) in [4.78, 5) is 12.6. The van der Waals surface area contributed by atoms with Crippen LogP contribution in [0.4, 0.5) is 0 Å². The second-order valence-corrected chi connectivity index (χ2v) is 9.54. The molecule has 0 amide bonds. The van der Waals surface area contributed by atoms with Crippen molar-refractivity contribution < 1.29 is 19.0 Å². The van der Waals surface area contributed by atoms with Gasteiger partial charge in [0.15, 0.2) is 0 Å². The number of hydrogen-bond acceptors (Lipinski definition) is 4. The predicted molar refractivity (Wildman–Crippen MR) is 147 cm³/mol. The van der Waals surface area contributed by atoms with E-state index in [0.717, 1.165) is 42.6 Å². The van der Waals surface area contributed by atoms with E-state index in [1.165, 1.54) is 22.3 Å². The van der Waals surface area contributed by atoms with Crippen LogP contribution in [0, 0.1) is 17.8 Å². The van der Waals surface area contributed by atoms with E-state index in [9.17, 15) is 4.79 Å². The number of rotatable bonds is 10. The molecule has 4 nitrogen and oxygen atoms in total. The first-order chi connectivity index (χ1) is 18.1. The number of benzene rings is 3. The first-order valence-corrected chi connectivity index (χ1v) is 13.2. The van der Waals surface area contributed by atoms with Crippen molar-refractivity contribution in [3.05, 3.63) is 89.0 Å².